The summed E-state index contributed by atoms with van der Waals surface area (Å²) in [5.74, 6) is -1.54. The van der Waals surface area contributed by atoms with Gasteiger partial charge in [-0.2, -0.15) is 0 Å². The zero-order chi connectivity index (χ0) is 23.9. The van der Waals surface area contributed by atoms with Crippen LogP contribution in [-0.2, 0) is 44.5 Å². The minimum Gasteiger partial charge on any atom is -0.386 e. The molecule has 3 saturated heterocycles. The maximum Gasteiger partial charge on any atom is 0.190 e. The topological polar surface area (TPSA) is 94.1 Å². The predicted molar refractivity (Wildman–Crippen MR) is 118 cm³/mol. The number of benzene rings is 1. The van der Waals surface area contributed by atoms with E-state index in [2.05, 4.69) is 0 Å². The molecule has 0 aromatic heterocycles. The first-order valence-corrected chi connectivity index (χ1v) is 11.8. The molecule has 0 bridgehead atoms. The van der Waals surface area contributed by atoms with Crippen molar-refractivity contribution in [2.45, 2.75) is 95.1 Å². The van der Waals surface area contributed by atoms with Crippen LogP contribution in [0.2, 0.25) is 0 Å². The van der Waals surface area contributed by atoms with E-state index in [1.54, 1.807) is 12.2 Å². The zero-order valence-electron chi connectivity index (χ0n) is 20.0. The monoisotopic (exact) mass is 478 g/mol. The number of ether oxygens (including phenoxy) is 8. The van der Waals surface area contributed by atoms with E-state index in [1.807, 2.05) is 58.0 Å². The first-order chi connectivity index (χ1) is 16.2. The lowest BCUT2D eigenvalue weighted by Crippen LogP contribution is -2.56. The summed E-state index contributed by atoms with van der Waals surface area (Å²) in [6, 6.07) is 9.85. The highest BCUT2D eigenvalue weighted by Gasteiger charge is 2.60. The summed E-state index contributed by atoms with van der Waals surface area (Å²) in [4.78, 5) is 0. The predicted octanol–water partition coefficient (Wildman–Crippen LogP) is 2.26. The molecule has 0 spiro atoms. The highest BCUT2D eigenvalue weighted by atomic mass is 16.9. The zero-order valence-corrected chi connectivity index (χ0v) is 20.0. The van der Waals surface area contributed by atoms with Crippen LogP contribution < -0.4 is 0 Å². The van der Waals surface area contributed by atoms with Crippen molar-refractivity contribution in [3.8, 4) is 0 Å². The van der Waals surface area contributed by atoms with Crippen molar-refractivity contribution < 1.29 is 43.0 Å². The molecular formula is C25H34O9. The lowest BCUT2D eigenvalue weighted by molar-refractivity contribution is -0.259. The Morgan fingerprint density at radius 3 is 2.29 bits per heavy atom. The molecule has 4 aliphatic rings. The summed E-state index contributed by atoms with van der Waals surface area (Å²) >= 11 is 0. The normalized spacial score (nSPS) is 40.1. The fraction of sp³-hybridized carbons (Fsp3) is 0.680. The minimum absolute atomic E-state index is 0.191. The van der Waals surface area contributed by atoms with Gasteiger partial charge in [0.2, 0.25) is 0 Å². The van der Waals surface area contributed by atoms with Gasteiger partial charge in [0.25, 0.3) is 0 Å². The lowest BCUT2D eigenvalue weighted by atomic mass is 9.99. The van der Waals surface area contributed by atoms with Crippen molar-refractivity contribution in [1.82, 2.24) is 0 Å². The Morgan fingerprint density at radius 1 is 0.794 bits per heavy atom. The second kappa shape index (κ2) is 9.57. The van der Waals surface area contributed by atoms with Crippen molar-refractivity contribution in [2.75, 3.05) is 13.2 Å². The molecule has 8 atom stereocenters. The molecule has 1 N–H and O–H groups in total. The quantitative estimate of drug-likeness (QED) is 0.592. The van der Waals surface area contributed by atoms with Crippen molar-refractivity contribution in [3.63, 3.8) is 0 Å². The number of aliphatic hydroxyl groups is 1. The van der Waals surface area contributed by atoms with E-state index in [-0.39, 0.29) is 31.5 Å². The number of fused-ring (bicyclic) bond motifs is 3. The first kappa shape index (κ1) is 24.3. The van der Waals surface area contributed by atoms with Crippen LogP contribution in [0, 0.1) is 0 Å². The molecule has 9 nitrogen and oxygen atoms in total. The summed E-state index contributed by atoms with van der Waals surface area (Å²) in [6.07, 6.45) is -0.731. The van der Waals surface area contributed by atoms with E-state index in [4.69, 9.17) is 37.9 Å². The van der Waals surface area contributed by atoms with Crippen LogP contribution in [0.1, 0.15) is 33.3 Å². The molecule has 0 saturated carbocycles. The molecule has 3 fully saturated rings. The molecule has 4 aliphatic heterocycles. The van der Waals surface area contributed by atoms with Gasteiger partial charge in [0.1, 0.15) is 36.6 Å². The Hall–Kier alpha value is -1.40. The van der Waals surface area contributed by atoms with E-state index < -0.39 is 42.5 Å². The van der Waals surface area contributed by atoms with E-state index in [9.17, 15) is 5.11 Å². The molecular weight excluding hydrogens is 444 g/mol. The van der Waals surface area contributed by atoms with Gasteiger partial charge < -0.3 is 43.0 Å². The minimum atomic E-state index is -0.774. The summed E-state index contributed by atoms with van der Waals surface area (Å²) in [5, 5.41) is 10.3. The lowest BCUT2D eigenvalue weighted by Gasteiger charge is -2.38. The van der Waals surface area contributed by atoms with Crippen molar-refractivity contribution in [3.05, 3.63) is 48.0 Å². The van der Waals surface area contributed by atoms with Gasteiger partial charge in [0.05, 0.1) is 19.8 Å². The Kier molecular flexibility index (Phi) is 6.84. The number of aliphatic hydroxyl groups excluding tert-OH is 1. The average Bonchev–Trinajstić information content (AvgIpc) is 3.28. The van der Waals surface area contributed by atoms with E-state index in [1.165, 1.54) is 0 Å². The van der Waals surface area contributed by atoms with Gasteiger partial charge in [0.15, 0.2) is 24.2 Å². The van der Waals surface area contributed by atoms with Crippen LogP contribution in [0.25, 0.3) is 0 Å². The van der Waals surface area contributed by atoms with Crippen LogP contribution in [0.5, 0.6) is 0 Å². The number of hydrogen-bond donors (Lipinski definition) is 1. The van der Waals surface area contributed by atoms with Crippen molar-refractivity contribution >= 4 is 0 Å². The number of rotatable bonds is 7. The molecule has 0 aliphatic carbocycles. The van der Waals surface area contributed by atoms with Crippen LogP contribution in [-0.4, -0.2) is 79.1 Å². The summed E-state index contributed by atoms with van der Waals surface area (Å²) in [6.45, 7) is 8.30. The van der Waals surface area contributed by atoms with Crippen LogP contribution in [0.4, 0.5) is 0 Å². The highest BCUT2D eigenvalue weighted by molar-refractivity contribution is 5.13. The van der Waals surface area contributed by atoms with Crippen molar-refractivity contribution in [2.24, 2.45) is 0 Å². The standard InChI is InChI=1S/C25H34O9/c1-24(2)31-20-18(30-23-22(21(20)32-24)33-25(3,4)34-23)14-28-19-11-10-16(26)17(29-19)13-27-12-15-8-6-5-7-9-15/h5-11,16-23,26H,12-14H2,1-4H3/t16-,17+,18+,19-,20-,21-,22+,23+/m0/s1. The SMILES string of the molecule is CC1(C)O[C@H]2[C@@H](O1)[C@@H](CO[C@@H]1C=C[C@H](O)[C@@H](COCc3ccccc3)O1)O[C@@H]1OC(C)(C)O[C@@H]12. The third-order valence-electron chi connectivity index (χ3n) is 6.22. The molecule has 0 unspecified atom stereocenters. The molecule has 0 amide bonds. The molecule has 188 valence electrons. The molecule has 4 heterocycles. The Bertz CT molecular complexity index is 857. The van der Waals surface area contributed by atoms with Gasteiger partial charge in [-0.25, -0.2) is 0 Å². The summed E-state index contributed by atoms with van der Waals surface area (Å²) in [5.41, 5.74) is 1.06. The second-order valence-corrected chi connectivity index (χ2v) is 9.96. The molecule has 1 aromatic carbocycles. The van der Waals surface area contributed by atoms with Crippen LogP contribution in [0.15, 0.2) is 42.5 Å². The Balaban J connectivity index is 1.16. The Morgan fingerprint density at radius 2 is 1.50 bits per heavy atom. The fourth-order valence-corrected chi connectivity index (χ4v) is 4.74. The molecule has 0 radical (unpaired) electrons. The van der Waals surface area contributed by atoms with E-state index in [0.717, 1.165) is 5.56 Å². The maximum absolute atomic E-state index is 10.3. The van der Waals surface area contributed by atoms with E-state index >= 15 is 0 Å². The van der Waals surface area contributed by atoms with Crippen LogP contribution in [0.3, 0.4) is 0 Å². The van der Waals surface area contributed by atoms with Gasteiger partial charge in [-0.3, -0.25) is 0 Å². The summed E-state index contributed by atoms with van der Waals surface area (Å²) < 4.78 is 48.1. The summed E-state index contributed by atoms with van der Waals surface area (Å²) in [7, 11) is 0. The fourth-order valence-electron chi connectivity index (χ4n) is 4.74. The third-order valence-corrected chi connectivity index (χ3v) is 6.22. The third kappa shape index (κ3) is 5.38. The Labute approximate surface area is 199 Å². The molecule has 5 rings (SSSR count). The molecule has 34 heavy (non-hydrogen) atoms. The molecule has 1 aromatic rings. The number of hydrogen-bond acceptors (Lipinski definition) is 9. The van der Waals surface area contributed by atoms with Gasteiger partial charge in [-0.1, -0.05) is 36.4 Å². The van der Waals surface area contributed by atoms with Gasteiger partial charge in [-0.15, -0.1) is 0 Å². The molecule has 9 heteroatoms. The van der Waals surface area contributed by atoms with Crippen LogP contribution >= 0.6 is 0 Å². The average molecular weight is 479 g/mol. The van der Waals surface area contributed by atoms with Gasteiger partial charge in [0, 0.05) is 0 Å². The highest BCUT2D eigenvalue weighted by Crippen LogP contribution is 2.44. The van der Waals surface area contributed by atoms with Gasteiger partial charge >= 0.3 is 0 Å². The van der Waals surface area contributed by atoms with Gasteiger partial charge in [-0.05, 0) is 39.3 Å². The van der Waals surface area contributed by atoms with Crippen molar-refractivity contribution in [1.29, 1.82) is 0 Å². The maximum atomic E-state index is 10.3. The largest absolute Gasteiger partial charge is 0.386 e. The van der Waals surface area contributed by atoms with E-state index in [0.29, 0.717) is 6.61 Å². The first-order valence-electron chi connectivity index (χ1n) is 11.8. The second-order valence-electron chi connectivity index (χ2n) is 9.96. The smallest absolute Gasteiger partial charge is 0.190 e.